The molecule has 8 nitrogen and oxygen atoms in total. The number of methoxy groups -OCH3 is 1. The van der Waals surface area contributed by atoms with Crippen LogP contribution in [-0.2, 0) is 16.1 Å². The minimum atomic E-state index is -0.125. The SMILES string of the molecule is CN=C(NCc1noc(C)n1)N1CCC(C(=O)OC)CC1. The van der Waals surface area contributed by atoms with Crippen LogP contribution < -0.4 is 5.32 Å². The largest absolute Gasteiger partial charge is 0.469 e. The van der Waals surface area contributed by atoms with Crippen LogP contribution in [0.4, 0.5) is 0 Å². The standard InChI is InChI=1S/C13H21N5O3/c1-9-16-11(17-21-9)8-15-13(14-2)18-6-4-10(5-7-18)12(19)20-3/h10H,4-8H2,1-3H3,(H,14,15). The summed E-state index contributed by atoms with van der Waals surface area (Å²) < 4.78 is 9.71. The monoisotopic (exact) mass is 295 g/mol. The predicted octanol–water partition coefficient (Wildman–Crippen LogP) is 0.338. The quantitative estimate of drug-likeness (QED) is 0.488. The number of hydrogen-bond donors (Lipinski definition) is 1. The molecule has 1 aromatic rings. The molecule has 8 heteroatoms. The van der Waals surface area contributed by atoms with Crippen molar-refractivity contribution in [3.63, 3.8) is 0 Å². The van der Waals surface area contributed by atoms with E-state index in [1.807, 2.05) is 0 Å². The maximum atomic E-state index is 11.5. The molecule has 116 valence electrons. The molecule has 1 fully saturated rings. The highest BCUT2D eigenvalue weighted by Crippen LogP contribution is 2.18. The Morgan fingerprint density at radius 2 is 2.24 bits per heavy atom. The van der Waals surface area contributed by atoms with Gasteiger partial charge in [-0.25, -0.2) is 0 Å². The molecule has 0 atom stereocenters. The van der Waals surface area contributed by atoms with Crippen molar-refractivity contribution in [2.45, 2.75) is 26.3 Å². The van der Waals surface area contributed by atoms with Gasteiger partial charge in [0.05, 0.1) is 19.6 Å². The first-order valence-electron chi connectivity index (χ1n) is 6.96. The number of rotatable bonds is 3. The molecule has 1 N–H and O–H groups in total. The minimum Gasteiger partial charge on any atom is -0.469 e. The van der Waals surface area contributed by atoms with E-state index in [-0.39, 0.29) is 11.9 Å². The molecule has 1 aliphatic rings. The summed E-state index contributed by atoms with van der Waals surface area (Å²) in [5.41, 5.74) is 0. The van der Waals surface area contributed by atoms with Gasteiger partial charge in [-0.2, -0.15) is 4.98 Å². The van der Waals surface area contributed by atoms with Crippen molar-refractivity contribution < 1.29 is 14.1 Å². The summed E-state index contributed by atoms with van der Waals surface area (Å²) in [5.74, 6) is 1.78. The number of carbonyl (C=O) groups excluding carboxylic acids is 1. The molecule has 2 rings (SSSR count). The van der Waals surface area contributed by atoms with Gasteiger partial charge < -0.3 is 19.5 Å². The zero-order valence-corrected chi connectivity index (χ0v) is 12.6. The van der Waals surface area contributed by atoms with E-state index in [0.717, 1.165) is 31.9 Å². The number of likely N-dealkylation sites (tertiary alicyclic amines) is 1. The Morgan fingerprint density at radius 3 is 2.76 bits per heavy atom. The van der Waals surface area contributed by atoms with Gasteiger partial charge in [-0.15, -0.1) is 0 Å². The van der Waals surface area contributed by atoms with E-state index in [1.54, 1.807) is 14.0 Å². The average molecular weight is 295 g/mol. The molecule has 0 saturated carbocycles. The number of piperidine rings is 1. The lowest BCUT2D eigenvalue weighted by atomic mass is 9.97. The first-order valence-corrected chi connectivity index (χ1v) is 6.96. The van der Waals surface area contributed by atoms with Crippen LogP contribution in [0.5, 0.6) is 0 Å². The molecule has 0 unspecified atom stereocenters. The van der Waals surface area contributed by atoms with Gasteiger partial charge in [0.1, 0.15) is 0 Å². The lowest BCUT2D eigenvalue weighted by Gasteiger charge is -2.32. The highest BCUT2D eigenvalue weighted by molar-refractivity contribution is 5.80. The Hall–Kier alpha value is -2.12. The summed E-state index contributed by atoms with van der Waals surface area (Å²) in [7, 11) is 3.16. The normalized spacial score (nSPS) is 16.9. The second-order valence-corrected chi connectivity index (χ2v) is 4.91. The number of ether oxygens (including phenoxy) is 1. The van der Waals surface area contributed by atoms with Gasteiger partial charge in [0.15, 0.2) is 11.8 Å². The smallest absolute Gasteiger partial charge is 0.308 e. The molecule has 0 spiro atoms. The number of esters is 1. The Labute approximate surface area is 123 Å². The highest BCUT2D eigenvalue weighted by Gasteiger charge is 2.26. The Bertz CT molecular complexity index is 506. The molecule has 1 aliphatic heterocycles. The highest BCUT2D eigenvalue weighted by atomic mass is 16.5. The van der Waals surface area contributed by atoms with E-state index >= 15 is 0 Å². The Kier molecular flexibility index (Phi) is 5.13. The van der Waals surface area contributed by atoms with Crippen molar-refractivity contribution in [2.75, 3.05) is 27.2 Å². The van der Waals surface area contributed by atoms with E-state index in [1.165, 1.54) is 7.11 Å². The van der Waals surface area contributed by atoms with Crippen molar-refractivity contribution in [3.05, 3.63) is 11.7 Å². The molecule has 2 heterocycles. The first-order chi connectivity index (χ1) is 10.1. The van der Waals surface area contributed by atoms with Crippen LogP contribution in [0, 0.1) is 12.8 Å². The summed E-state index contributed by atoms with van der Waals surface area (Å²) in [6.07, 6.45) is 1.55. The predicted molar refractivity (Wildman–Crippen MR) is 75.5 cm³/mol. The van der Waals surface area contributed by atoms with Crippen LogP contribution in [0.15, 0.2) is 9.52 Å². The molecule has 1 saturated heterocycles. The van der Waals surface area contributed by atoms with Crippen LogP contribution in [0.2, 0.25) is 0 Å². The molecule has 0 radical (unpaired) electrons. The van der Waals surface area contributed by atoms with Crippen molar-refractivity contribution in [1.29, 1.82) is 0 Å². The second kappa shape index (κ2) is 7.05. The summed E-state index contributed by atoms with van der Waals surface area (Å²) in [5, 5.41) is 7.03. The summed E-state index contributed by atoms with van der Waals surface area (Å²) >= 11 is 0. The fourth-order valence-electron chi connectivity index (χ4n) is 2.40. The number of carbonyl (C=O) groups is 1. The molecule has 0 bridgehead atoms. The van der Waals surface area contributed by atoms with Crippen LogP contribution >= 0.6 is 0 Å². The zero-order chi connectivity index (χ0) is 15.2. The lowest BCUT2D eigenvalue weighted by molar-refractivity contribution is -0.146. The molecule has 21 heavy (non-hydrogen) atoms. The molecular formula is C13H21N5O3. The van der Waals surface area contributed by atoms with Crippen molar-refractivity contribution in [3.8, 4) is 0 Å². The number of nitrogens with one attached hydrogen (secondary N) is 1. The van der Waals surface area contributed by atoms with E-state index in [2.05, 4.69) is 25.3 Å². The summed E-state index contributed by atoms with van der Waals surface area (Å²) in [6, 6.07) is 0. The van der Waals surface area contributed by atoms with Crippen LogP contribution in [0.25, 0.3) is 0 Å². The average Bonchev–Trinajstić information content (AvgIpc) is 2.93. The molecule has 1 aromatic heterocycles. The Balaban J connectivity index is 1.84. The van der Waals surface area contributed by atoms with E-state index < -0.39 is 0 Å². The van der Waals surface area contributed by atoms with Gasteiger partial charge in [-0.1, -0.05) is 5.16 Å². The zero-order valence-electron chi connectivity index (χ0n) is 12.6. The van der Waals surface area contributed by atoms with Crippen LogP contribution in [-0.4, -0.2) is 54.2 Å². The van der Waals surface area contributed by atoms with E-state index in [0.29, 0.717) is 18.3 Å². The van der Waals surface area contributed by atoms with Gasteiger partial charge in [0.2, 0.25) is 5.89 Å². The molecular weight excluding hydrogens is 274 g/mol. The lowest BCUT2D eigenvalue weighted by Crippen LogP contribution is -2.46. The number of guanidine groups is 1. The maximum absolute atomic E-state index is 11.5. The number of nitrogens with zero attached hydrogens (tertiary/aromatic N) is 4. The summed E-state index contributed by atoms with van der Waals surface area (Å²) in [6.45, 7) is 3.75. The fraction of sp³-hybridized carbons (Fsp3) is 0.692. The number of aryl methyl sites for hydroxylation is 1. The number of hydrogen-bond acceptors (Lipinski definition) is 6. The Morgan fingerprint density at radius 1 is 1.52 bits per heavy atom. The van der Waals surface area contributed by atoms with Crippen molar-refractivity contribution >= 4 is 11.9 Å². The van der Waals surface area contributed by atoms with E-state index in [9.17, 15) is 4.79 Å². The molecule has 0 aromatic carbocycles. The maximum Gasteiger partial charge on any atom is 0.308 e. The second-order valence-electron chi connectivity index (χ2n) is 4.91. The number of aromatic nitrogens is 2. The third kappa shape index (κ3) is 3.93. The topological polar surface area (TPSA) is 92.9 Å². The first kappa shape index (κ1) is 15.3. The van der Waals surface area contributed by atoms with Gasteiger partial charge in [0.25, 0.3) is 0 Å². The molecule has 0 amide bonds. The fourth-order valence-corrected chi connectivity index (χ4v) is 2.40. The van der Waals surface area contributed by atoms with Crippen LogP contribution in [0.3, 0.4) is 0 Å². The van der Waals surface area contributed by atoms with Crippen molar-refractivity contribution in [2.24, 2.45) is 10.9 Å². The molecule has 0 aliphatic carbocycles. The third-order valence-corrected chi connectivity index (χ3v) is 3.52. The van der Waals surface area contributed by atoms with Crippen LogP contribution in [0.1, 0.15) is 24.6 Å². The van der Waals surface area contributed by atoms with Crippen molar-refractivity contribution in [1.82, 2.24) is 20.4 Å². The third-order valence-electron chi connectivity index (χ3n) is 3.52. The van der Waals surface area contributed by atoms with Gasteiger partial charge in [-0.05, 0) is 12.8 Å². The van der Waals surface area contributed by atoms with Gasteiger partial charge in [0, 0.05) is 27.1 Å². The van der Waals surface area contributed by atoms with Gasteiger partial charge >= 0.3 is 5.97 Å². The van der Waals surface area contributed by atoms with Gasteiger partial charge in [-0.3, -0.25) is 9.79 Å². The minimum absolute atomic E-state index is 0.00999. The van der Waals surface area contributed by atoms with E-state index in [4.69, 9.17) is 9.26 Å². The number of aliphatic imine (C=N–C) groups is 1. The summed E-state index contributed by atoms with van der Waals surface area (Å²) in [4.78, 5) is 22.0.